The third-order valence-electron chi connectivity index (χ3n) is 2.22. The molecule has 2 aromatic heterocycles. The Morgan fingerprint density at radius 2 is 2.00 bits per heavy atom. The molecule has 0 amide bonds. The normalized spacial score (nSPS) is 12.3. The van der Waals surface area contributed by atoms with Crippen molar-refractivity contribution in [3.8, 4) is 0 Å². The Kier molecular flexibility index (Phi) is 2.19. The van der Waals surface area contributed by atoms with Crippen molar-refractivity contribution in [2.45, 2.75) is 33.2 Å². The van der Waals surface area contributed by atoms with E-state index in [2.05, 4.69) is 35.8 Å². The van der Waals surface area contributed by atoms with Crippen molar-refractivity contribution in [1.29, 1.82) is 0 Å². The molecule has 0 saturated carbocycles. The molecule has 0 saturated heterocycles. The zero-order valence-electron chi connectivity index (χ0n) is 9.24. The van der Waals surface area contributed by atoms with Crippen LogP contribution in [0.5, 0.6) is 0 Å². The molecule has 0 N–H and O–H groups in total. The van der Waals surface area contributed by atoms with Gasteiger partial charge in [-0.3, -0.25) is 0 Å². The van der Waals surface area contributed by atoms with Crippen LogP contribution in [0.25, 0.3) is 11.0 Å². The minimum atomic E-state index is -0.107. The van der Waals surface area contributed by atoms with Crippen molar-refractivity contribution in [1.82, 2.24) is 19.7 Å². The predicted octanol–water partition coefficient (Wildman–Crippen LogP) is 2.54. The molecule has 15 heavy (non-hydrogen) atoms. The lowest BCUT2D eigenvalue weighted by Gasteiger charge is -2.19. The second-order valence-corrected chi connectivity index (χ2v) is 4.88. The van der Waals surface area contributed by atoms with E-state index in [-0.39, 0.29) is 10.8 Å². The van der Waals surface area contributed by atoms with Gasteiger partial charge in [0.1, 0.15) is 0 Å². The van der Waals surface area contributed by atoms with E-state index < -0.39 is 0 Å². The van der Waals surface area contributed by atoms with Gasteiger partial charge in [0.25, 0.3) is 0 Å². The average molecular weight is 225 g/mol. The molecule has 0 aliphatic carbocycles. The Morgan fingerprint density at radius 3 is 2.60 bits per heavy atom. The Hall–Kier alpha value is -1.16. The Balaban J connectivity index is 2.81. The Labute approximate surface area is 93.3 Å². The number of rotatable bonds is 0. The number of fused-ring (bicyclic) bond motifs is 1. The highest BCUT2D eigenvalue weighted by molar-refractivity contribution is 6.28. The van der Waals surface area contributed by atoms with Crippen LogP contribution in [0.2, 0.25) is 5.28 Å². The van der Waals surface area contributed by atoms with Crippen molar-refractivity contribution < 1.29 is 0 Å². The molecule has 2 aromatic rings. The van der Waals surface area contributed by atoms with Crippen LogP contribution in [-0.4, -0.2) is 19.7 Å². The lowest BCUT2D eigenvalue weighted by molar-refractivity contribution is 0.364. The molecule has 0 atom stereocenters. The van der Waals surface area contributed by atoms with Crippen LogP contribution in [0.1, 0.15) is 26.5 Å². The summed E-state index contributed by atoms with van der Waals surface area (Å²) in [7, 11) is 0. The number of halogens is 1. The van der Waals surface area contributed by atoms with E-state index in [1.807, 2.05) is 11.6 Å². The molecular weight excluding hydrogens is 212 g/mol. The second-order valence-electron chi connectivity index (χ2n) is 4.54. The number of aryl methyl sites for hydroxylation is 1. The Bertz CT molecular complexity index is 510. The first kappa shape index (κ1) is 10.4. The first-order chi connectivity index (χ1) is 6.89. The van der Waals surface area contributed by atoms with Crippen molar-refractivity contribution in [2.75, 3.05) is 0 Å². The number of nitrogens with zero attached hydrogens (tertiary/aromatic N) is 4. The molecule has 2 heterocycles. The number of aromatic nitrogens is 4. The standard InChI is InChI=1S/C10H13ClN4/c1-6-7-5-12-9(11)13-8(7)15(14-6)10(2,3)4/h5H,1-4H3. The highest BCUT2D eigenvalue weighted by Crippen LogP contribution is 2.23. The van der Waals surface area contributed by atoms with Crippen LogP contribution < -0.4 is 0 Å². The fourth-order valence-electron chi connectivity index (χ4n) is 1.49. The summed E-state index contributed by atoms with van der Waals surface area (Å²) in [5, 5.41) is 5.67. The van der Waals surface area contributed by atoms with E-state index in [4.69, 9.17) is 11.6 Å². The van der Waals surface area contributed by atoms with Crippen molar-refractivity contribution in [2.24, 2.45) is 0 Å². The molecule has 80 valence electrons. The molecular formula is C10H13ClN4. The molecule has 2 rings (SSSR count). The molecule has 4 nitrogen and oxygen atoms in total. The van der Waals surface area contributed by atoms with Gasteiger partial charge in [-0.1, -0.05) is 0 Å². The Morgan fingerprint density at radius 1 is 1.33 bits per heavy atom. The molecule has 0 bridgehead atoms. The summed E-state index contributed by atoms with van der Waals surface area (Å²) < 4.78 is 1.88. The lowest BCUT2D eigenvalue weighted by atomic mass is 10.1. The van der Waals surface area contributed by atoms with Crippen molar-refractivity contribution in [3.63, 3.8) is 0 Å². The smallest absolute Gasteiger partial charge is 0.224 e. The summed E-state index contributed by atoms with van der Waals surface area (Å²) in [5.74, 6) is 0. The maximum atomic E-state index is 5.79. The molecule has 0 aliphatic rings. The summed E-state index contributed by atoms with van der Waals surface area (Å²) >= 11 is 5.79. The van der Waals surface area contributed by atoms with Gasteiger partial charge >= 0.3 is 0 Å². The van der Waals surface area contributed by atoms with Gasteiger partial charge in [-0.05, 0) is 39.3 Å². The van der Waals surface area contributed by atoms with Gasteiger partial charge in [0.15, 0.2) is 5.65 Å². The first-order valence-electron chi connectivity index (χ1n) is 4.78. The molecule has 0 unspecified atom stereocenters. The highest BCUT2D eigenvalue weighted by Gasteiger charge is 2.20. The third kappa shape index (κ3) is 1.69. The second kappa shape index (κ2) is 3.17. The predicted molar refractivity (Wildman–Crippen MR) is 60.1 cm³/mol. The van der Waals surface area contributed by atoms with Crippen molar-refractivity contribution in [3.05, 3.63) is 17.2 Å². The maximum absolute atomic E-state index is 5.79. The van der Waals surface area contributed by atoms with Gasteiger partial charge in [-0.15, -0.1) is 0 Å². The van der Waals surface area contributed by atoms with Crippen molar-refractivity contribution >= 4 is 22.6 Å². The molecule has 0 fully saturated rings. The number of hydrogen-bond acceptors (Lipinski definition) is 3. The lowest BCUT2D eigenvalue weighted by Crippen LogP contribution is -2.23. The quantitative estimate of drug-likeness (QED) is 0.646. The van der Waals surface area contributed by atoms with Crippen LogP contribution in [0, 0.1) is 6.92 Å². The largest absolute Gasteiger partial charge is 0.242 e. The average Bonchev–Trinajstić information content (AvgIpc) is 2.42. The van der Waals surface area contributed by atoms with E-state index in [0.29, 0.717) is 0 Å². The third-order valence-corrected chi connectivity index (χ3v) is 2.40. The summed E-state index contributed by atoms with van der Waals surface area (Å²) in [6.07, 6.45) is 1.72. The van der Waals surface area contributed by atoms with E-state index in [9.17, 15) is 0 Å². The number of hydrogen-bond donors (Lipinski definition) is 0. The minimum absolute atomic E-state index is 0.107. The molecule has 0 aromatic carbocycles. The monoisotopic (exact) mass is 224 g/mol. The molecule has 0 radical (unpaired) electrons. The zero-order chi connectivity index (χ0) is 11.2. The molecule has 0 spiro atoms. The van der Waals surface area contributed by atoms with Gasteiger partial charge in [0, 0.05) is 6.20 Å². The fraction of sp³-hybridized carbons (Fsp3) is 0.500. The van der Waals surface area contributed by atoms with E-state index in [1.165, 1.54) is 0 Å². The zero-order valence-corrected chi connectivity index (χ0v) is 10.0. The highest BCUT2D eigenvalue weighted by atomic mass is 35.5. The van der Waals surface area contributed by atoms with Gasteiger partial charge in [-0.2, -0.15) is 10.1 Å². The van der Waals surface area contributed by atoms with Gasteiger partial charge in [-0.25, -0.2) is 9.67 Å². The van der Waals surface area contributed by atoms with Gasteiger partial charge in [0.2, 0.25) is 5.28 Å². The van der Waals surface area contributed by atoms with Gasteiger partial charge < -0.3 is 0 Å². The van der Waals surface area contributed by atoms with Gasteiger partial charge in [0.05, 0.1) is 16.6 Å². The van der Waals surface area contributed by atoms with Crippen LogP contribution in [-0.2, 0) is 5.54 Å². The van der Waals surface area contributed by atoms with Crippen LogP contribution in [0.3, 0.4) is 0 Å². The minimum Gasteiger partial charge on any atom is -0.242 e. The van der Waals surface area contributed by atoms with E-state index in [1.54, 1.807) is 6.20 Å². The molecule has 5 heteroatoms. The summed E-state index contributed by atoms with van der Waals surface area (Å²) in [6.45, 7) is 8.18. The fourth-order valence-corrected chi connectivity index (χ4v) is 1.62. The SMILES string of the molecule is Cc1nn(C(C)(C)C)c2nc(Cl)ncc12. The van der Waals surface area contributed by atoms with E-state index >= 15 is 0 Å². The first-order valence-corrected chi connectivity index (χ1v) is 5.16. The summed E-state index contributed by atoms with van der Waals surface area (Å²) in [6, 6.07) is 0. The topological polar surface area (TPSA) is 43.6 Å². The molecule has 0 aliphatic heterocycles. The van der Waals surface area contributed by atoms with Crippen LogP contribution in [0.4, 0.5) is 0 Å². The van der Waals surface area contributed by atoms with Crippen LogP contribution in [0.15, 0.2) is 6.20 Å². The summed E-state index contributed by atoms with van der Waals surface area (Å²) in [5.41, 5.74) is 1.61. The van der Waals surface area contributed by atoms with E-state index in [0.717, 1.165) is 16.7 Å². The van der Waals surface area contributed by atoms with Crippen LogP contribution >= 0.6 is 11.6 Å². The maximum Gasteiger partial charge on any atom is 0.224 e. The summed E-state index contributed by atoms with van der Waals surface area (Å²) in [4.78, 5) is 8.18.